The van der Waals surface area contributed by atoms with Crippen molar-refractivity contribution < 1.29 is 0 Å². The molecule has 3 aromatic heterocycles. The first-order valence-corrected chi connectivity index (χ1v) is 16.5. The maximum Gasteiger partial charge on any atom is 0.0556 e. The summed E-state index contributed by atoms with van der Waals surface area (Å²) in [6.07, 6.45) is 4.07. The Labute approximate surface area is 276 Å². The topological polar surface area (TPSA) is 22.8 Å². The van der Waals surface area contributed by atoms with Crippen LogP contribution in [0, 0.1) is 0 Å². The first-order valence-electron chi connectivity index (χ1n) is 16.5. The SMILES string of the molecule is c1ccc(-n2c3ccccc3c3cc(-c4ccc5c6ccccc6n(-c6ccc7c8c(cncc68)-c6ccccc6-7)c5c4)ccc32)cc1. The van der Waals surface area contributed by atoms with Gasteiger partial charge in [-0.2, -0.15) is 0 Å². The van der Waals surface area contributed by atoms with E-state index in [-0.39, 0.29) is 0 Å². The zero-order valence-electron chi connectivity index (χ0n) is 25.9. The summed E-state index contributed by atoms with van der Waals surface area (Å²) in [5, 5.41) is 7.46. The molecule has 3 heterocycles. The Hall–Kier alpha value is -6.45. The van der Waals surface area contributed by atoms with Gasteiger partial charge in [-0.05, 0) is 76.3 Å². The van der Waals surface area contributed by atoms with Gasteiger partial charge in [-0.1, -0.05) is 103 Å². The van der Waals surface area contributed by atoms with E-state index in [0.717, 1.165) is 5.69 Å². The summed E-state index contributed by atoms with van der Waals surface area (Å²) in [4.78, 5) is 4.77. The van der Waals surface area contributed by atoms with Crippen molar-refractivity contribution >= 4 is 54.4 Å². The van der Waals surface area contributed by atoms with E-state index in [1.165, 1.54) is 93.5 Å². The van der Waals surface area contributed by atoms with Crippen LogP contribution in [-0.2, 0) is 0 Å². The van der Waals surface area contributed by atoms with Crippen molar-refractivity contribution in [3.05, 3.63) is 164 Å². The first-order chi connectivity index (χ1) is 23.8. The monoisotopic (exact) mass is 609 g/mol. The molecule has 3 heteroatoms. The molecule has 10 aromatic rings. The Morgan fingerprint density at radius 1 is 0.354 bits per heavy atom. The molecule has 0 spiro atoms. The lowest BCUT2D eigenvalue weighted by Crippen LogP contribution is -1.96. The number of fused-ring (bicyclic) bond motifs is 9. The van der Waals surface area contributed by atoms with Crippen LogP contribution in [0.5, 0.6) is 0 Å². The summed E-state index contributed by atoms with van der Waals surface area (Å²) >= 11 is 0. The van der Waals surface area contributed by atoms with Gasteiger partial charge in [0.25, 0.3) is 0 Å². The fraction of sp³-hybridized carbons (Fsp3) is 0. The van der Waals surface area contributed by atoms with Crippen molar-refractivity contribution in [3.63, 3.8) is 0 Å². The van der Waals surface area contributed by atoms with Crippen molar-refractivity contribution in [3.8, 4) is 44.8 Å². The van der Waals surface area contributed by atoms with Crippen LogP contribution in [0.1, 0.15) is 0 Å². The van der Waals surface area contributed by atoms with Crippen LogP contribution in [0.25, 0.3) is 99.1 Å². The standard InChI is InChI=1S/C45H27N3/c1-2-10-30(11-3-1)47-40-16-8-7-15-34(40)37-24-28(19-22-42(37)47)29-18-20-35-33-14-6-9-17-41(33)48(44(35)25-29)43-23-21-36-31-12-4-5-13-32(31)38-26-46-27-39(43)45(36)38/h1-27H. The minimum Gasteiger partial charge on any atom is -0.309 e. The fourth-order valence-corrected chi connectivity index (χ4v) is 8.27. The third-order valence-electron chi connectivity index (χ3n) is 10.3. The summed E-state index contributed by atoms with van der Waals surface area (Å²) < 4.78 is 4.82. The highest BCUT2D eigenvalue weighted by Crippen LogP contribution is 2.49. The highest BCUT2D eigenvalue weighted by atomic mass is 15.0. The molecule has 0 atom stereocenters. The van der Waals surface area contributed by atoms with Gasteiger partial charge < -0.3 is 9.13 Å². The number of aromatic nitrogens is 3. The van der Waals surface area contributed by atoms with E-state index in [1.807, 2.05) is 12.4 Å². The molecule has 0 saturated heterocycles. The van der Waals surface area contributed by atoms with Crippen LogP contribution in [0.3, 0.4) is 0 Å². The largest absolute Gasteiger partial charge is 0.309 e. The van der Waals surface area contributed by atoms with E-state index in [0.29, 0.717) is 0 Å². The summed E-state index contributed by atoms with van der Waals surface area (Å²) in [6, 6.07) is 55.3. The highest BCUT2D eigenvalue weighted by Gasteiger charge is 2.24. The van der Waals surface area contributed by atoms with E-state index in [4.69, 9.17) is 4.98 Å². The third-order valence-corrected chi connectivity index (χ3v) is 10.3. The number of hydrogen-bond donors (Lipinski definition) is 0. The molecule has 1 aliphatic rings. The van der Waals surface area contributed by atoms with Crippen molar-refractivity contribution in [1.29, 1.82) is 0 Å². The van der Waals surface area contributed by atoms with E-state index < -0.39 is 0 Å². The van der Waals surface area contributed by atoms with Crippen LogP contribution in [0.2, 0.25) is 0 Å². The first kappa shape index (κ1) is 25.7. The fourth-order valence-electron chi connectivity index (χ4n) is 8.27. The number of hydrogen-bond acceptors (Lipinski definition) is 1. The predicted octanol–water partition coefficient (Wildman–Crippen LogP) is 11.7. The van der Waals surface area contributed by atoms with Crippen LogP contribution < -0.4 is 0 Å². The molecule has 222 valence electrons. The van der Waals surface area contributed by atoms with Crippen molar-refractivity contribution in [1.82, 2.24) is 14.1 Å². The molecule has 0 unspecified atom stereocenters. The molecular formula is C45H27N3. The molecule has 0 N–H and O–H groups in total. The minimum absolute atomic E-state index is 1.15. The molecule has 11 rings (SSSR count). The lowest BCUT2D eigenvalue weighted by atomic mass is 10.0. The Morgan fingerprint density at radius 3 is 1.81 bits per heavy atom. The highest BCUT2D eigenvalue weighted by molar-refractivity contribution is 6.18. The molecule has 0 amide bonds. The van der Waals surface area contributed by atoms with Gasteiger partial charge in [0.2, 0.25) is 0 Å². The van der Waals surface area contributed by atoms with Gasteiger partial charge in [-0.25, -0.2) is 0 Å². The summed E-state index contributed by atoms with van der Waals surface area (Å²) in [5.74, 6) is 0. The van der Waals surface area contributed by atoms with Crippen LogP contribution in [-0.4, -0.2) is 14.1 Å². The second-order valence-electron chi connectivity index (χ2n) is 12.8. The lowest BCUT2D eigenvalue weighted by Gasteiger charge is -2.13. The number of pyridine rings is 1. The number of nitrogens with zero attached hydrogens (tertiary/aromatic N) is 3. The van der Waals surface area contributed by atoms with Crippen molar-refractivity contribution in [2.45, 2.75) is 0 Å². The molecular weight excluding hydrogens is 583 g/mol. The molecule has 0 aliphatic heterocycles. The minimum atomic E-state index is 1.15. The second kappa shape index (κ2) is 9.54. The van der Waals surface area contributed by atoms with Gasteiger partial charge in [0, 0.05) is 56.0 Å². The van der Waals surface area contributed by atoms with Gasteiger partial charge in [0.15, 0.2) is 0 Å². The van der Waals surface area contributed by atoms with Gasteiger partial charge in [0.1, 0.15) is 0 Å². The van der Waals surface area contributed by atoms with Crippen molar-refractivity contribution in [2.75, 3.05) is 0 Å². The molecule has 0 radical (unpaired) electrons. The second-order valence-corrected chi connectivity index (χ2v) is 12.8. The maximum atomic E-state index is 4.77. The van der Waals surface area contributed by atoms with E-state index in [2.05, 4.69) is 161 Å². The quantitative estimate of drug-likeness (QED) is 0.195. The number of rotatable bonds is 3. The summed E-state index contributed by atoms with van der Waals surface area (Å²) in [7, 11) is 0. The molecule has 0 bridgehead atoms. The average Bonchev–Trinajstić information content (AvgIpc) is 3.78. The van der Waals surface area contributed by atoms with Crippen LogP contribution >= 0.6 is 0 Å². The lowest BCUT2D eigenvalue weighted by molar-refractivity contribution is 1.18. The van der Waals surface area contributed by atoms with Crippen LogP contribution in [0.15, 0.2) is 164 Å². The zero-order chi connectivity index (χ0) is 31.3. The average molecular weight is 610 g/mol. The predicted molar refractivity (Wildman–Crippen MR) is 200 cm³/mol. The van der Waals surface area contributed by atoms with E-state index >= 15 is 0 Å². The third kappa shape index (κ3) is 3.40. The van der Waals surface area contributed by atoms with Gasteiger partial charge in [-0.15, -0.1) is 0 Å². The van der Waals surface area contributed by atoms with Gasteiger partial charge >= 0.3 is 0 Å². The zero-order valence-corrected chi connectivity index (χ0v) is 25.9. The summed E-state index contributed by atoms with van der Waals surface area (Å²) in [6.45, 7) is 0. The number of benzene rings is 7. The Balaban J connectivity index is 1.16. The Bertz CT molecular complexity index is 2910. The Morgan fingerprint density at radius 2 is 0.979 bits per heavy atom. The molecule has 1 aliphatic carbocycles. The van der Waals surface area contributed by atoms with Gasteiger partial charge in [0.05, 0.1) is 27.8 Å². The van der Waals surface area contributed by atoms with Crippen molar-refractivity contribution in [2.24, 2.45) is 0 Å². The van der Waals surface area contributed by atoms with Crippen LogP contribution in [0.4, 0.5) is 0 Å². The van der Waals surface area contributed by atoms with Gasteiger partial charge in [-0.3, -0.25) is 4.98 Å². The van der Waals surface area contributed by atoms with E-state index in [9.17, 15) is 0 Å². The normalized spacial score (nSPS) is 12.2. The maximum absolute atomic E-state index is 4.77. The molecule has 0 saturated carbocycles. The number of para-hydroxylation sites is 3. The summed E-state index contributed by atoms with van der Waals surface area (Å²) in [5.41, 5.74) is 14.6. The molecule has 3 nitrogen and oxygen atoms in total. The molecule has 7 aromatic carbocycles. The smallest absolute Gasteiger partial charge is 0.0556 e. The van der Waals surface area contributed by atoms with E-state index in [1.54, 1.807) is 0 Å². The molecule has 48 heavy (non-hydrogen) atoms. The molecule has 0 fully saturated rings. The Kier molecular flexibility index (Phi) is 5.11.